The predicted molar refractivity (Wildman–Crippen MR) is 64.1 cm³/mol. The summed E-state index contributed by atoms with van der Waals surface area (Å²) in [5.74, 6) is 2.21. The zero-order valence-electron chi connectivity index (χ0n) is 9.39. The average molecular weight is 271 g/mol. The van der Waals surface area contributed by atoms with Crippen LogP contribution in [-0.2, 0) is 4.79 Å². The van der Waals surface area contributed by atoms with E-state index in [9.17, 15) is 4.79 Å². The van der Waals surface area contributed by atoms with Crippen LogP contribution in [0.25, 0.3) is 0 Å². The molecule has 0 aliphatic heterocycles. The van der Waals surface area contributed by atoms with Crippen molar-refractivity contribution >= 4 is 21.7 Å². The van der Waals surface area contributed by atoms with E-state index in [4.69, 9.17) is 0 Å². The molecule has 0 amide bonds. The Morgan fingerprint density at radius 1 is 1.27 bits per heavy atom. The van der Waals surface area contributed by atoms with Gasteiger partial charge >= 0.3 is 0 Å². The Bertz CT molecular complexity index is 296. The molecule has 15 heavy (non-hydrogen) atoms. The lowest BCUT2D eigenvalue weighted by Gasteiger charge is -2.60. The van der Waals surface area contributed by atoms with Crippen LogP contribution < -0.4 is 0 Å². The first kappa shape index (κ1) is 10.3. The highest BCUT2D eigenvalue weighted by molar-refractivity contribution is 9.10. The van der Waals surface area contributed by atoms with Crippen LogP contribution in [0.2, 0.25) is 0 Å². The van der Waals surface area contributed by atoms with Crippen LogP contribution in [0.15, 0.2) is 0 Å². The maximum atomic E-state index is 11.4. The molecule has 0 aromatic rings. The molecule has 0 spiro atoms. The van der Waals surface area contributed by atoms with Crippen molar-refractivity contribution in [2.45, 2.75) is 56.2 Å². The summed E-state index contributed by atoms with van der Waals surface area (Å²) in [6.45, 7) is 1.76. The smallest absolute Gasteiger partial charge is 0.130 e. The van der Waals surface area contributed by atoms with Gasteiger partial charge in [0.25, 0.3) is 0 Å². The van der Waals surface area contributed by atoms with Gasteiger partial charge in [-0.15, -0.1) is 0 Å². The molecule has 0 unspecified atom stereocenters. The molecule has 0 radical (unpaired) electrons. The number of halogens is 1. The van der Waals surface area contributed by atoms with Gasteiger partial charge in [0.1, 0.15) is 5.78 Å². The van der Waals surface area contributed by atoms with Gasteiger partial charge in [-0.2, -0.15) is 0 Å². The van der Waals surface area contributed by atoms with E-state index in [2.05, 4.69) is 15.9 Å². The van der Waals surface area contributed by atoms with Crippen LogP contribution in [0.1, 0.15) is 51.9 Å². The zero-order chi connectivity index (χ0) is 10.7. The largest absolute Gasteiger partial charge is 0.300 e. The van der Waals surface area contributed by atoms with E-state index >= 15 is 0 Å². The molecule has 4 fully saturated rings. The van der Waals surface area contributed by atoms with Crippen LogP contribution >= 0.6 is 15.9 Å². The van der Waals surface area contributed by atoms with Crippen molar-refractivity contribution in [2.24, 2.45) is 17.3 Å². The zero-order valence-corrected chi connectivity index (χ0v) is 11.0. The Balaban J connectivity index is 1.89. The quantitative estimate of drug-likeness (QED) is 0.700. The summed E-state index contributed by atoms with van der Waals surface area (Å²) in [5, 5.41) is 0. The van der Waals surface area contributed by atoms with Gasteiger partial charge in [0.15, 0.2) is 0 Å². The first-order valence-corrected chi connectivity index (χ1v) is 6.96. The molecule has 4 bridgehead atoms. The summed E-state index contributed by atoms with van der Waals surface area (Å²) < 4.78 is 0.409. The maximum absolute atomic E-state index is 11.4. The number of ketones is 1. The normalized spacial score (nSPS) is 52.1. The van der Waals surface area contributed by atoms with E-state index in [1.807, 2.05) is 0 Å². The number of carbonyl (C=O) groups is 1. The minimum atomic E-state index is 0.388. The molecule has 0 N–H and O–H groups in total. The summed E-state index contributed by atoms with van der Waals surface area (Å²) in [6.07, 6.45) is 8.92. The number of carbonyl (C=O) groups excluding carboxylic acids is 1. The lowest BCUT2D eigenvalue weighted by molar-refractivity contribution is -0.124. The monoisotopic (exact) mass is 270 g/mol. The Morgan fingerprint density at radius 2 is 1.87 bits per heavy atom. The lowest BCUT2D eigenvalue weighted by atomic mass is 9.48. The van der Waals surface area contributed by atoms with E-state index < -0.39 is 0 Å². The molecule has 0 saturated heterocycles. The number of alkyl halides is 1. The molecule has 4 aliphatic rings. The Hall–Kier alpha value is 0.150. The molecule has 0 heterocycles. The van der Waals surface area contributed by atoms with Crippen LogP contribution in [0.3, 0.4) is 0 Å². The standard InChI is InChI=1S/C13H19BrO/c1-9(15)3-12-4-10-2-11(5-12)7-13(14,6-10)8-12/h10-11H,2-8H2,1H3/t10-,11-,12?,13?/m1/s1. The van der Waals surface area contributed by atoms with Crippen LogP contribution in [-0.4, -0.2) is 10.1 Å². The highest BCUT2D eigenvalue weighted by atomic mass is 79.9. The van der Waals surface area contributed by atoms with Gasteiger partial charge in [-0.25, -0.2) is 0 Å². The van der Waals surface area contributed by atoms with Crippen molar-refractivity contribution in [3.05, 3.63) is 0 Å². The molecule has 2 atom stereocenters. The van der Waals surface area contributed by atoms with E-state index in [0.29, 0.717) is 15.5 Å². The summed E-state index contributed by atoms with van der Waals surface area (Å²) >= 11 is 3.97. The third-order valence-electron chi connectivity index (χ3n) is 4.73. The summed E-state index contributed by atoms with van der Waals surface area (Å²) in [6, 6.07) is 0. The van der Waals surface area contributed by atoms with E-state index in [0.717, 1.165) is 18.3 Å². The maximum Gasteiger partial charge on any atom is 0.130 e. The van der Waals surface area contributed by atoms with Crippen molar-refractivity contribution < 1.29 is 4.79 Å². The molecule has 0 aromatic carbocycles. The molecule has 2 heteroatoms. The fourth-order valence-corrected chi connectivity index (χ4v) is 6.58. The molecule has 4 rings (SSSR count). The Kier molecular flexibility index (Phi) is 2.12. The second-order valence-corrected chi connectivity index (χ2v) is 8.17. The molecule has 4 aliphatic carbocycles. The van der Waals surface area contributed by atoms with Crippen molar-refractivity contribution in [1.29, 1.82) is 0 Å². The predicted octanol–water partition coefficient (Wildman–Crippen LogP) is 3.70. The minimum Gasteiger partial charge on any atom is -0.300 e. The second kappa shape index (κ2) is 3.09. The lowest BCUT2D eigenvalue weighted by Crippen LogP contribution is -2.53. The van der Waals surface area contributed by atoms with Gasteiger partial charge in [0.05, 0.1) is 0 Å². The number of Topliss-reactive ketones (excluding diaryl/α,β-unsaturated/α-hetero) is 1. The van der Waals surface area contributed by atoms with Gasteiger partial charge in [-0.1, -0.05) is 15.9 Å². The molecule has 84 valence electrons. The highest BCUT2D eigenvalue weighted by Crippen LogP contribution is 2.65. The summed E-state index contributed by atoms with van der Waals surface area (Å²) in [5.41, 5.74) is 0.388. The second-order valence-electron chi connectivity index (χ2n) is 6.49. The topological polar surface area (TPSA) is 17.1 Å². The minimum absolute atomic E-state index is 0.388. The molecular formula is C13H19BrO. The van der Waals surface area contributed by atoms with E-state index in [-0.39, 0.29) is 0 Å². The summed E-state index contributed by atoms with van der Waals surface area (Å²) in [4.78, 5) is 11.4. The number of hydrogen-bond donors (Lipinski definition) is 0. The fourth-order valence-electron chi connectivity index (χ4n) is 5.07. The van der Waals surface area contributed by atoms with Crippen LogP contribution in [0.4, 0.5) is 0 Å². The summed E-state index contributed by atoms with van der Waals surface area (Å²) in [7, 11) is 0. The van der Waals surface area contributed by atoms with Gasteiger partial charge < -0.3 is 4.79 Å². The van der Waals surface area contributed by atoms with Crippen molar-refractivity contribution in [3.63, 3.8) is 0 Å². The van der Waals surface area contributed by atoms with E-state index in [1.165, 1.54) is 38.5 Å². The molecule has 4 saturated carbocycles. The molecule has 1 nitrogen and oxygen atoms in total. The Labute approximate surface area is 100 Å². The van der Waals surface area contributed by atoms with Gasteiger partial charge in [0, 0.05) is 10.7 Å². The van der Waals surface area contributed by atoms with E-state index in [1.54, 1.807) is 6.92 Å². The molecular weight excluding hydrogens is 252 g/mol. The first-order valence-electron chi connectivity index (χ1n) is 6.17. The third kappa shape index (κ3) is 1.69. The first-order chi connectivity index (χ1) is 6.99. The average Bonchev–Trinajstić information content (AvgIpc) is 1.94. The molecule has 0 aromatic heterocycles. The van der Waals surface area contributed by atoms with Gasteiger partial charge in [0.2, 0.25) is 0 Å². The van der Waals surface area contributed by atoms with Gasteiger partial charge in [-0.3, -0.25) is 0 Å². The van der Waals surface area contributed by atoms with Crippen molar-refractivity contribution in [1.82, 2.24) is 0 Å². The van der Waals surface area contributed by atoms with Crippen LogP contribution in [0, 0.1) is 17.3 Å². The van der Waals surface area contributed by atoms with Crippen LogP contribution in [0.5, 0.6) is 0 Å². The fraction of sp³-hybridized carbons (Fsp3) is 0.923. The Morgan fingerprint density at radius 3 is 2.33 bits per heavy atom. The number of rotatable bonds is 2. The van der Waals surface area contributed by atoms with Gasteiger partial charge in [-0.05, 0) is 62.7 Å². The van der Waals surface area contributed by atoms with Crippen molar-refractivity contribution in [3.8, 4) is 0 Å². The number of hydrogen-bond acceptors (Lipinski definition) is 1. The third-order valence-corrected chi connectivity index (χ3v) is 5.66. The SMILES string of the molecule is CC(=O)CC12C[C@H]3C[C@@H](CC(Br)(C3)C1)C2. The highest BCUT2D eigenvalue weighted by Gasteiger charge is 2.56. The van der Waals surface area contributed by atoms with Crippen molar-refractivity contribution in [2.75, 3.05) is 0 Å².